The fourth-order valence-electron chi connectivity index (χ4n) is 2.91. The Bertz CT molecular complexity index is 927. The van der Waals surface area contributed by atoms with Crippen molar-refractivity contribution in [3.63, 3.8) is 0 Å². The zero-order valence-corrected chi connectivity index (χ0v) is 16.0. The quantitative estimate of drug-likeness (QED) is 0.496. The zero-order valence-electron chi connectivity index (χ0n) is 16.0. The Kier molecular flexibility index (Phi) is 5.07. The molecule has 2 fully saturated rings. The SMILES string of the molecule is c1cc(Oc2ccc(-c3ccc(OCC4CO4)cc3)cc2)ccc1OCC1CO1. The van der Waals surface area contributed by atoms with Gasteiger partial charge in [0, 0.05) is 0 Å². The maximum atomic E-state index is 5.93. The number of hydrogen-bond acceptors (Lipinski definition) is 5. The number of rotatable bonds is 9. The first-order valence-electron chi connectivity index (χ1n) is 9.79. The molecule has 2 saturated heterocycles. The van der Waals surface area contributed by atoms with Crippen LogP contribution in [0.2, 0.25) is 0 Å². The highest BCUT2D eigenvalue weighted by Gasteiger charge is 2.23. The minimum absolute atomic E-state index is 0.255. The summed E-state index contributed by atoms with van der Waals surface area (Å²) in [6.07, 6.45) is 0.522. The van der Waals surface area contributed by atoms with E-state index in [0.717, 1.165) is 47.3 Å². The van der Waals surface area contributed by atoms with Crippen LogP contribution in [-0.2, 0) is 9.47 Å². The first-order valence-corrected chi connectivity index (χ1v) is 9.79. The Morgan fingerprint density at radius 2 is 0.897 bits per heavy atom. The predicted molar refractivity (Wildman–Crippen MR) is 109 cm³/mol. The molecular formula is C24H22O5. The summed E-state index contributed by atoms with van der Waals surface area (Å²) >= 11 is 0. The second-order valence-electron chi connectivity index (χ2n) is 7.15. The third-order valence-corrected chi connectivity index (χ3v) is 4.78. The highest BCUT2D eigenvalue weighted by molar-refractivity contribution is 5.65. The lowest BCUT2D eigenvalue weighted by Crippen LogP contribution is -2.03. The standard InChI is InChI=1S/C24H22O5/c1-5-19(25-13-23-15-27-23)6-2-17(1)18-3-7-21(8-4-18)29-22-11-9-20(10-12-22)26-14-24-16-28-24/h1-12,23-24H,13-16H2. The molecule has 0 amide bonds. The van der Waals surface area contributed by atoms with E-state index in [1.165, 1.54) is 0 Å². The summed E-state index contributed by atoms with van der Waals surface area (Å²) in [6, 6.07) is 23.8. The van der Waals surface area contributed by atoms with Crippen molar-refractivity contribution in [1.82, 2.24) is 0 Å². The maximum Gasteiger partial charge on any atom is 0.127 e. The molecule has 2 unspecified atom stereocenters. The van der Waals surface area contributed by atoms with Crippen LogP contribution in [0.5, 0.6) is 23.0 Å². The Morgan fingerprint density at radius 3 is 1.31 bits per heavy atom. The van der Waals surface area contributed by atoms with Crippen molar-refractivity contribution < 1.29 is 23.7 Å². The van der Waals surface area contributed by atoms with Crippen molar-refractivity contribution in [2.45, 2.75) is 12.2 Å². The lowest BCUT2D eigenvalue weighted by atomic mass is 10.1. The van der Waals surface area contributed by atoms with Crippen molar-refractivity contribution in [2.75, 3.05) is 26.4 Å². The molecule has 0 aromatic heterocycles. The van der Waals surface area contributed by atoms with E-state index in [0.29, 0.717) is 13.2 Å². The van der Waals surface area contributed by atoms with Gasteiger partial charge < -0.3 is 23.7 Å². The van der Waals surface area contributed by atoms with Crippen molar-refractivity contribution in [3.8, 4) is 34.1 Å². The van der Waals surface area contributed by atoms with Gasteiger partial charge in [0.25, 0.3) is 0 Å². The molecule has 148 valence electrons. The van der Waals surface area contributed by atoms with Gasteiger partial charge >= 0.3 is 0 Å². The third-order valence-electron chi connectivity index (χ3n) is 4.78. The van der Waals surface area contributed by atoms with E-state index in [1.807, 2.05) is 48.5 Å². The van der Waals surface area contributed by atoms with Crippen LogP contribution in [0.3, 0.4) is 0 Å². The van der Waals surface area contributed by atoms with Crippen LogP contribution < -0.4 is 14.2 Å². The summed E-state index contributed by atoms with van der Waals surface area (Å²) in [5.74, 6) is 3.24. The van der Waals surface area contributed by atoms with E-state index < -0.39 is 0 Å². The second kappa shape index (κ2) is 8.15. The van der Waals surface area contributed by atoms with Gasteiger partial charge in [0.05, 0.1) is 13.2 Å². The average molecular weight is 390 g/mol. The summed E-state index contributed by atoms with van der Waals surface area (Å²) in [5.41, 5.74) is 2.26. The van der Waals surface area contributed by atoms with E-state index in [9.17, 15) is 0 Å². The van der Waals surface area contributed by atoms with Gasteiger partial charge in [0.15, 0.2) is 0 Å². The van der Waals surface area contributed by atoms with Crippen LogP contribution in [0, 0.1) is 0 Å². The van der Waals surface area contributed by atoms with Crippen LogP contribution in [0.15, 0.2) is 72.8 Å². The molecule has 5 nitrogen and oxygen atoms in total. The Morgan fingerprint density at radius 1 is 0.552 bits per heavy atom. The number of epoxide rings is 2. The summed E-state index contributed by atoms with van der Waals surface area (Å²) in [7, 11) is 0. The lowest BCUT2D eigenvalue weighted by Gasteiger charge is -2.09. The molecule has 0 N–H and O–H groups in total. The molecule has 3 aromatic rings. The molecule has 2 aliphatic heterocycles. The molecule has 2 atom stereocenters. The molecule has 0 radical (unpaired) electrons. The first kappa shape index (κ1) is 18.0. The van der Waals surface area contributed by atoms with Gasteiger partial charge in [-0.05, 0) is 59.7 Å². The summed E-state index contributed by atoms with van der Waals surface area (Å²) in [5, 5.41) is 0. The van der Waals surface area contributed by atoms with Gasteiger partial charge in [-0.15, -0.1) is 0 Å². The normalized spacial score (nSPS) is 19.4. The van der Waals surface area contributed by atoms with Crippen LogP contribution in [0.1, 0.15) is 0 Å². The smallest absolute Gasteiger partial charge is 0.127 e. The van der Waals surface area contributed by atoms with Gasteiger partial charge in [-0.25, -0.2) is 0 Å². The molecule has 3 aromatic carbocycles. The molecule has 2 heterocycles. The van der Waals surface area contributed by atoms with E-state index >= 15 is 0 Å². The second-order valence-corrected chi connectivity index (χ2v) is 7.15. The minimum atomic E-state index is 0.255. The van der Waals surface area contributed by atoms with Crippen molar-refractivity contribution in [3.05, 3.63) is 72.8 Å². The van der Waals surface area contributed by atoms with Gasteiger partial charge in [-0.3, -0.25) is 0 Å². The molecule has 5 rings (SSSR count). The zero-order chi connectivity index (χ0) is 19.5. The van der Waals surface area contributed by atoms with Crippen molar-refractivity contribution in [2.24, 2.45) is 0 Å². The third kappa shape index (κ3) is 5.08. The van der Waals surface area contributed by atoms with E-state index in [1.54, 1.807) is 0 Å². The number of ether oxygens (including phenoxy) is 5. The van der Waals surface area contributed by atoms with Crippen LogP contribution in [0.4, 0.5) is 0 Å². The fourth-order valence-corrected chi connectivity index (χ4v) is 2.91. The minimum Gasteiger partial charge on any atom is -0.491 e. The maximum absolute atomic E-state index is 5.93. The van der Waals surface area contributed by atoms with Gasteiger partial charge in [0.2, 0.25) is 0 Å². The Hall–Kier alpha value is -3.02. The predicted octanol–water partition coefficient (Wildman–Crippen LogP) is 4.70. The van der Waals surface area contributed by atoms with Crippen LogP contribution >= 0.6 is 0 Å². The molecule has 0 saturated carbocycles. The van der Waals surface area contributed by atoms with Gasteiger partial charge in [0.1, 0.15) is 48.4 Å². The molecule has 2 aliphatic rings. The monoisotopic (exact) mass is 390 g/mol. The van der Waals surface area contributed by atoms with E-state index in [4.69, 9.17) is 23.7 Å². The molecule has 0 spiro atoms. The Balaban J connectivity index is 1.17. The van der Waals surface area contributed by atoms with Crippen molar-refractivity contribution in [1.29, 1.82) is 0 Å². The van der Waals surface area contributed by atoms with E-state index in [2.05, 4.69) is 24.3 Å². The first-order chi connectivity index (χ1) is 14.3. The van der Waals surface area contributed by atoms with Gasteiger partial charge in [-0.1, -0.05) is 24.3 Å². The molecule has 0 aliphatic carbocycles. The highest BCUT2D eigenvalue weighted by atomic mass is 16.6. The van der Waals surface area contributed by atoms with E-state index in [-0.39, 0.29) is 12.2 Å². The fraction of sp³-hybridized carbons (Fsp3) is 0.250. The molecular weight excluding hydrogens is 368 g/mol. The summed E-state index contributed by atoms with van der Waals surface area (Å²) in [4.78, 5) is 0. The summed E-state index contributed by atoms with van der Waals surface area (Å²) in [6.45, 7) is 2.82. The lowest BCUT2D eigenvalue weighted by molar-refractivity contribution is 0.263. The molecule has 0 bridgehead atoms. The van der Waals surface area contributed by atoms with Gasteiger partial charge in [-0.2, -0.15) is 0 Å². The summed E-state index contributed by atoms with van der Waals surface area (Å²) < 4.78 is 27.6. The average Bonchev–Trinajstić information content (AvgIpc) is 3.68. The highest BCUT2D eigenvalue weighted by Crippen LogP contribution is 2.28. The van der Waals surface area contributed by atoms with Crippen LogP contribution in [0.25, 0.3) is 11.1 Å². The molecule has 5 heteroatoms. The Labute approximate surface area is 169 Å². The molecule has 29 heavy (non-hydrogen) atoms. The topological polar surface area (TPSA) is 52.8 Å². The van der Waals surface area contributed by atoms with Crippen LogP contribution in [-0.4, -0.2) is 38.6 Å². The van der Waals surface area contributed by atoms with Crippen molar-refractivity contribution >= 4 is 0 Å². The number of benzene rings is 3. The number of hydrogen-bond donors (Lipinski definition) is 0. The largest absolute Gasteiger partial charge is 0.491 e.